The Morgan fingerprint density at radius 1 is 1.14 bits per heavy atom. The molecule has 7 nitrogen and oxygen atoms in total. The van der Waals surface area contributed by atoms with Crippen molar-refractivity contribution >= 4 is 23.4 Å². The third-order valence-corrected chi connectivity index (χ3v) is 4.24. The van der Waals surface area contributed by atoms with E-state index >= 15 is 0 Å². The Hall–Kier alpha value is -2.65. The van der Waals surface area contributed by atoms with E-state index in [1.807, 2.05) is 0 Å². The van der Waals surface area contributed by atoms with E-state index in [0.29, 0.717) is 0 Å². The minimum Gasteiger partial charge on any atom is -0.481 e. The fraction of sp³-hybridized carbons (Fsp3) is 0.579. The molecular formula is C19H26F3N3O4. The highest BCUT2D eigenvalue weighted by molar-refractivity contribution is 5.69. The summed E-state index contributed by atoms with van der Waals surface area (Å²) in [7, 11) is 0. The number of halogens is 3. The van der Waals surface area contributed by atoms with Crippen molar-refractivity contribution in [3.05, 3.63) is 23.8 Å². The van der Waals surface area contributed by atoms with Crippen LogP contribution in [0.15, 0.2) is 18.2 Å². The van der Waals surface area contributed by atoms with Gasteiger partial charge in [-0.15, -0.1) is 0 Å². The summed E-state index contributed by atoms with van der Waals surface area (Å²) < 4.78 is 46.1. The SMILES string of the molecule is CC(C)(C)OC(=O)N1CCN(c2ccc(NCCC(=O)O)cc2C(F)(F)F)CC1. The van der Waals surface area contributed by atoms with Gasteiger partial charge >= 0.3 is 18.2 Å². The van der Waals surface area contributed by atoms with Crippen molar-refractivity contribution in [2.45, 2.75) is 39.0 Å². The summed E-state index contributed by atoms with van der Waals surface area (Å²) in [6.07, 6.45) is -5.25. The summed E-state index contributed by atoms with van der Waals surface area (Å²) in [5.41, 5.74) is -1.20. The Morgan fingerprint density at radius 2 is 1.76 bits per heavy atom. The number of anilines is 2. The summed E-state index contributed by atoms with van der Waals surface area (Å²) in [4.78, 5) is 25.8. The third-order valence-electron chi connectivity index (χ3n) is 4.24. The van der Waals surface area contributed by atoms with Crippen LogP contribution in [-0.4, -0.2) is 60.4 Å². The number of carboxylic acid groups (broad SMARTS) is 1. The molecule has 162 valence electrons. The van der Waals surface area contributed by atoms with Gasteiger partial charge in [0.15, 0.2) is 0 Å². The van der Waals surface area contributed by atoms with E-state index in [-0.39, 0.29) is 50.5 Å². The van der Waals surface area contributed by atoms with Crippen molar-refractivity contribution in [1.82, 2.24) is 4.90 Å². The number of hydrogen-bond acceptors (Lipinski definition) is 5. The fourth-order valence-corrected chi connectivity index (χ4v) is 2.92. The Morgan fingerprint density at radius 3 is 2.28 bits per heavy atom. The van der Waals surface area contributed by atoms with Crippen molar-refractivity contribution in [3.8, 4) is 0 Å². The zero-order valence-electron chi connectivity index (χ0n) is 16.7. The fourth-order valence-electron chi connectivity index (χ4n) is 2.92. The average Bonchev–Trinajstić information content (AvgIpc) is 2.59. The number of piperazine rings is 1. The number of benzene rings is 1. The lowest BCUT2D eigenvalue weighted by atomic mass is 10.1. The van der Waals surface area contributed by atoms with Gasteiger partial charge in [-0.05, 0) is 39.0 Å². The highest BCUT2D eigenvalue weighted by Gasteiger charge is 2.36. The predicted octanol–water partition coefficient (Wildman–Crippen LogP) is 3.65. The minimum atomic E-state index is -4.57. The van der Waals surface area contributed by atoms with E-state index in [2.05, 4.69) is 5.32 Å². The molecule has 1 aliphatic rings. The van der Waals surface area contributed by atoms with Crippen molar-refractivity contribution in [3.63, 3.8) is 0 Å². The normalized spacial score (nSPS) is 15.2. The van der Waals surface area contributed by atoms with Crippen molar-refractivity contribution < 1.29 is 32.6 Å². The van der Waals surface area contributed by atoms with Crippen LogP contribution in [0.3, 0.4) is 0 Å². The Bertz CT molecular complexity index is 739. The molecule has 0 unspecified atom stereocenters. The van der Waals surface area contributed by atoms with Crippen LogP contribution >= 0.6 is 0 Å². The van der Waals surface area contributed by atoms with Gasteiger partial charge in [-0.3, -0.25) is 4.79 Å². The molecule has 0 bridgehead atoms. The highest BCUT2D eigenvalue weighted by Crippen LogP contribution is 2.38. The molecule has 0 atom stereocenters. The number of alkyl halides is 3. The minimum absolute atomic E-state index is 0.0283. The van der Waals surface area contributed by atoms with E-state index in [4.69, 9.17) is 9.84 Å². The molecule has 2 rings (SSSR count). The van der Waals surface area contributed by atoms with E-state index in [1.54, 1.807) is 25.7 Å². The van der Waals surface area contributed by atoms with Crippen LogP contribution in [0.2, 0.25) is 0 Å². The van der Waals surface area contributed by atoms with Gasteiger partial charge in [0.1, 0.15) is 5.60 Å². The van der Waals surface area contributed by atoms with E-state index in [1.165, 1.54) is 17.0 Å². The number of aliphatic carboxylic acids is 1. The summed E-state index contributed by atoms with van der Waals surface area (Å²) >= 11 is 0. The lowest BCUT2D eigenvalue weighted by Gasteiger charge is -2.37. The summed E-state index contributed by atoms with van der Waals surface area (Å²) in [5.74, 6) is -1.03. The van der Waals surface area contributed by atoms with Crippen molar-refractivity contribution in [2.75, 3.05) is 42.9 Å². The first-order valence-corrected chi connectivity index (χ1v) is 9.26. The zero-order valence-corrected chi connectivity index (χ0v) is 16.7. The van der Waals surface area contributed by atoms with Crippen LogP contribution in [0.4, 0.5) is 29.3 Å². The molecule has 1 fully saturated rings. The number of carbonyl (C=O) groups is 2. The molecule has 1 heterocycles. The van der Waals surface area contributed by atoms with Crippen molar-refractivity contribution in [2.24, 2.45) is 0 Å². The molecule has 10 heteroatoms. The highest BCUT2D eigenvalue weighted by atomic mass is 19.4. The molecule has 2 N–H and O–H groups in total. The second-order valence-electron chi connectivity index (χ2n) is 7.75. The summed E-state index contributed by atoms with van der Waals surface area (Å²) in [5, 5.41) is 11.3. The first-order valence-electron chi connectivity index (χ1n) is 9.26. The van der Waals surface area contributed by atoms with Gasteiger partial charge < -0.3 is 25.0 Å². The Labute approximate surface area is 167 Å². The van der Waals surface area contributed by atoms with Crippen LogP contribution in [-0.2, 0) is 15.7 Å². The van der Waals surface area contributed by atoms with E-state index < -0.39 is 29.4 Å². The predicted molar refractivity (Wildman–Crippen MR) is 102 cm³/mol. The lowest BCUT2D eigenvalue weighted by molar-refractivity contribution is -0.137. The molecule has 1 saturated heterocycles. The molecule has 0 saturated carbocycles. The Kier molecular flexibility index (Phi) is 6.86. The van der Waals surface area contributed by atoms with Gasteiger partial charge in [0.05, 0.1) is 12.0 Å². The van der Waals surface area contributed by atoms with Crippen molar-refractivity contribution in [1.29, 1.82) is 0 Å². The molecule has 0 aromatic heterocycles. The standard InChI is InChI=1S/C19H26F3N3O4/c1-18(2,3)29-17(28)25-10-8-24(9-11-25)15-5-4-13(23-7-6-16(26)27)12-14(15)19(20,21)22/h4-5,12,23H,6-11H2,1-3H3,(H,26,27). The molecule has 0 radical (unpaired) electrons. The second kappa shape index (κ2) is 8.79. The third kappa shape index (κ3) is 6.72. The first-order chi connectivity index (χ1) is 13.4. The van der Waals surface area contributed by atoms with Crippen LogP contribution in [0, 0.1) is 0 Å². The number of nitrogens with one attached hydrogen (secondary N) is 1. The molecule has 0 spiro atoms. The largest absolute Gasteiger partial charge is 0.481 e. The number of amides is 1. The maximum atomic E-state index is 13.6. The molecule has 1 aromatic rings. The maximum absolute atomic E-state index is 13.6. The smallest absolute Gasteiger partial charge is 0.418 e. The number of ether oxygens (including phenoxy) is 1. The van der Waals surface area contributed by atoms with Gasteiger partial charge in [0, 0.05) is 44.1 Å². The zero-order chi connectivity index (χ0) is 21.8. The van der Waals surface area contributed by atoms with Gasteiger partial charge in [-0.2, -0.15) is 13.2 Å². The summed E-state index contributed by atoms with van der Waals surface area (Å²) in [6, 6.07) is 3.85. The molecule has 1 aliphatic heterocycles. The van der Waals surface area contributed by atoms with Crippen LogP contribution < -0.4 is 10.2 Å². The Balaban J connectivity index is 2.10. The number of hydrogen-bond donors (Lipinski definition) is 2. The van der Waals surface area contributed by atoms with Crippen LogP contribution in [0.5, 0.6) is 0 Å². The van der Waals surface area contributed by atoms with Gasteiger partial charge in [0.25, 0.3) is 0 Å². The molecule has 1 aromatic carbocycles. The maximum Gasteiger partial charge on any atom is 0.418 e. The quantitative estimate of drug-likeness (QED) is 0.761. The molecule has 1 amide bonds. The number of nitrogens with zero attached hydrogens (tertiary/aromatic N) is 2. The van der Waals surface area contributed by atoms with Gasteiger partial charge in [0.2, 0.25) is 0 Å². The van der Waals surface area contributed by atoms with E-state index in [9.17, 15) is 22.8 Å². The van der Waals surface area contributed by atoms with Crippen LogP contribution in [0.25, 0.3) is 0 Å². The van der Waals surface area contributed by atoms with E-state index in [0.717, 1.165) is 6.07 Å². The lowest BCUT2D eigenvalue weighted by Crippen LogP contribution is -2.50. The number of carboxylic acids is 1. The molecular weight excluding hydrogens is 391 g/mol. The molecule has 29 heavy (non-hydrogen) atoms. The monoisotopic (exact) mass is 417 g/mol. The number of rotatable bonds is 5. The molecule has 0 aliphatic carbocycles. The number of carbonyl (C=O) groups excluding carboxylic acids is 1. The van der Waals surface area contributed by atoms with Crippen LogP contribution in [0.1, 0.15) is 32.8 Å². The first kappa shape index (κ1) is 22.6. The van der Waals surface area contributed by atoms with Gasteiger partial charge in [-0.1, -0.05) is 0 Å². The summed E-state index contributed by atoms with van der Waals surface area (Å²) in [6.45, 7) is 6.28. The average molecular weight is 417 g/mol. The topological polar surface area (TPSA) is 82.1 Å². The van der Waals surface area contributed by atoms with Gasteiger partial charge in [-0.25, -0.2) is 4.79 Å². The second-order valence-corrected chi connectivity index (χ2v) is 7.75.